The Balaban J connectivity index is 1.87. The SMILES string of the molecule is Cc1ccc(NC(=O)CN2CCC(C)C(O)C2)cc1C. The summed E-state index contributed by atoms with van der Waals surface area (Å²) in [6, 6.07) is 5.92. The largest absolute Gasteiger partial charge is 0.392 e. The van der Waals surface area contributed by atoms with Crippen LogP contribution >= 0.6 is 0 Å². The number of nitrogens with one attached hydrogen (secondary N) is 1. The van der Waals surface area contributed by atoms with Gasteiger partial charge in [0.25, 0.3) is 0 Å². The maximum atomic E-state index is 12.0. The van der Waals surface area contributed by atoms with Crippen LogP contribution in [0.15, 0.2) is 18.2 Å². The average molecular weight is 276 g/mol. The minimum atomic E-state index is -0.321. The first-order chi connectivity index (χ1) is 9.45. The lowest BCUT2D eigenvalue weighted by Gasteiger charge is -2.33. The predicted octanol–water partition coefficient (Wildman–Crippen LogP) is 1.94. The third kappa shape index (κ3) is 3.81. The van der Waals surface area contributed by atoms with Crippen molar-refractivity contribution in [3.8, 4) is 0 Å². The average Bonchev–Trinajstić information content (AvgIpc) is 2.38. The summed E-state index contributed by atoms with van der Waals surface area (Å²) in [6.45, 7) is 7.94. The first-order valence-electron chi connectivity index (χ1n) is 7.23. The third-order valence-electron chi connectivity index (χ3n) is 4.16. The van der Waals surface area contributed by atoms with Gasteiger partial charge in [0.2, 0.25) is 5.91 Å². The lowest BCUT2D eigenvalue weighted by atomic mass is 9.96. The Kier molecular flexibility index (Phi) is 4.78. The van der Waals surface area contributed by atoms with Crippen LogP contribution in [0.2, 0.25) is 0 Å². The second-order valence-corrected chi connectivity index (χ2v) is 5.92. The van der Waals surface area contributed by atoms with Gasteiger partial charge in [0.05, 0.1) is 12.6 Å². The van der Waals surface area contributed by atoms with Gasteiger partial charge in [0.15, 0.2) is 0 Å². The molecule has 1 fully saturated rings. The Morgan fingerprint density at radius 1 is 1.40 bits per heavy atom. The number of benzene rings is 1. The molecule has 2 rings (SSSR count). The molecule has 1 aliphatic heterocycles. The van der Waals surface area contributed by atoms with Crippen LogP contribution in [-0.4, -0.2) is 41.7 Å². The molecule has 0 aromatic heterocycles. The van der Waals surface area contributed by atoms with Crippen LogP contribution in [0.4, 0.5) is 5.69 Å². The molecule has 2 N–H and O–H groups in total. The fraction of sp³-hybridized carbons (Fsp3) is 0.562. The minimum Gasteiger partial charge on any atom is -0.392 e. The molecule has 0 radical (unpaired) electrons. The molecule has 2 unspecified atom stereocenters. The van der Waals surface area contributed by atoms with Crippen molar-refractivity contribution in [1.29, 1.82) is 0 Å². The van der Waals surface area contributed by atoms with Gasteiger partial charge in [0, 0.05) is 12.2 Å². The molecule has 0 aliphatic carbocycles. The zero-order valence-electron chi connectivity index (χ0n) is 12.5. The number of aliphatic hydroxyl groups is 1. The van der Waals surface area contributed by atoms with Crippen LogP contribution in [0.1, 0.15) is 24.5 Å². The van der Waals surface area contributed by atoms with E-state index in [-0.39, 0.29) is 12.0 Å². The third-order valence-corrected chi connectivity index (χ3v) is 4.16. The Morgan fingerprint density at radius 3 is 2.80 bits per heavy atom. The number of anilines is 1. The van der Waals surface area contributed by atoms with Crippen LogP contribution in [0.3, 0.4) is 0 Å². The van der Waals surface area contributed by atoms with Crippen molar-refractivity contribution in [3.05, 3.63) is 29.3 Å². The summed E-state index contributed by atoms with van der Waals surface area (Å²) in [5.74, 6) is 0.309. The second kappa shape index (κ2) is 6.37. The van der Waals surface area contributed by atoms with E-state index in [1.165, 1.54) is 11.1 Å². The van der Waals surface area contributed by atoms with E-state index in [0.717, 1.165) is 18.7 Å². The number of aliphatic hydroxyl groups excluding tert-OH is 1. The highest BCUT2D eigenvalue weighted by atomic mass is 16.3. The summed E-state index contributed by atoms with van der Waals surface area (Å²) < 4.78 is 0. The zero-order chi connectivity index (χ0) is 14.7. The van der Waals surface area contributed by atoms with Gasteiger partial charge in [-0.15, -0.1) is 0 Å². The molecule has 1 heterocycles. The minimum absolute atomic E-state index is 0.0185. The van der Waals surface area contributed by atoms with E-state index in [9.17, 15) is 9.90 Å². The van der Waals surface area contributed by atoms with Crippen LogP contribution in [0, 0.1) is 19.8 Å². The van der Waals surface area contributed by atoms with Gasteiger partial charge in [0.1, 0.15) is 0 Å². The molecule has 1 amide bonds. The number of hydrogen-bond acceptors (Lipinski definition) is 3. The number of carbonyl (C=O) groups is 1. The number of piperidine rings is 1. The smallest absolute Gasteiger partial charge is 0.238 e. The van der Waals surface area contributed by atoms with Gasteiger partial charge in [-0.1, -0.05) is 13.0 Å². The first kappa shape index (κ1) is 15.0. The van der Waals surface area contributed by atoms with Gasteiger partial charge in [-0.2, -0.15) is 0 Å². The molecule has 4 heteroatoms. The van der Waals surface area contributed by atoms with E-state index in [0.29, 0.717) is 19.0 Å². The number of nitrogens with zero attached hydrogens (tertiary/aromatic N) is 1. The highest BCUT2D eigenvalue weighted by molar-refractivity contribution is 5.92. The number of likely N-dealkylation sites (tertiary alicyclic amines) is 1. The molecule has 1 aromatic rings. The van der Waals surface area contributed by atoms with Crippen LogP contribution in [-0.2, 0) is 4.79 Å². The maximum Gasteiger partial charge on any atom is 0.238 e. The standard InChI is InChI=1S/C16H24N2O2/c1-11-4-5-14(8-13(11)3)17-16(20)10-18-7-6-12(2)15(19)9-18/h4-5,8,12,15,19H,6-7,9-10H2,1-3H3,(H,17,20). The molecule has 0 spiro atoms. The molecule has 1 saturated heterocycles. The monoisotopic (exact) mass is 276 g/mol. The van der Waals surface area contributed by atoms with Crippen LogP contribution < -0.4 is 5.32 Å². The van der Waals surface area contributed by atoms with E-state index in [4.69, 9.17) is 0 Å². The molecular weight excluding hydrogens is 252 g/mol. The van der Waals surface area contributed by atoms with Gasteiger partial charge in [-0.05, 0) is 56.0 Å². The van der Waals surface area contributed by atoms with Crippen LogP contribution in [0.25, 0.3) is 0 Å². The Hall–Kier alpha value is -1.39. The molecule has 1 aliphatic rings. The Labute approximate surface area is 120 Å². The van der Waals surface area contributed by atoms with Crippen molar-refractivity contribution in [2.75, 3.05) is 25.0 Å². The summed E-state index contributed by atoms with van der Waals surface area (Å²) in [5, 5.41) is 12.8. The van der Waals surface area contributed by atoms with E-state index >= 15 is 0 Å². The summed E-state index contributed by atoms with van der Waals surface area (Å²) in [6.07, 6.45) is 0.621. The lowest BCUT2D eigenvalue weighted by Crippen LogP contribution is -2.45. The number of carbonyl (C=O) groups excluding carboxylic acids is 1. The zero-order valence-corrected chi connectivity index (χ0v) is 12.5. The summed E-state index contributed by atoms with van der Waals surface area (Å²) in [5.41, 5.74) is 3.23. The van der Waals surface area contributed by atoms with Crippen molar-refractivity contribution in [2.45, 2.75) is 33.3 Å². The maximum absolute atomic E-state index is 12.0. The number of rotatable bonds is 3. The molecule has 0 saturated carbocycles. The highest BCUT2D eigenvalue weighted by Crippen LogP contribution is 2.17. The van der Waals surface area contributed by atoms with Gasteiger partial charge in [-0.3, -0.25) is 9.69 Å². The molecule has 110 valence electrons. The summed E-state index contributed by atoms with van der Waals surface area (Å²) in [7, 11) is 0. The first-order valence-corrected chi connectivity index (χ1v) is 7.23. The van der Waals surface area contributed by atoms with Gasteiger partial charge < -0.3 is 10.4 Å². The summed E-state index contributed by atoms with van der Waals surface area (Å²) in [4.78, 5) is 14.0. The fourth-order valence-electron chi connectivity index (χ4n) is 2.48. The van der Waals surface area contributed by atoms with Crippen molar-refractivity contribution in [3.63, 3.8) is 0 Å². The molecular formula is C16H24N2O2. The predicted molar refractivity (Wildman–Crippen MR) is 80.8 cm³/mol. The quantitative estimate of drug-likeness (QED) is 0.887. The van der Waals surface area contributed by atoms with Crippen molar-refractivity contribution < 1.29 is 9.90 Å². The molecule has 1 aromatic carbocycles. The van der Waals surface area contributed by atoms with Gasteiger partial charge >= 0.3 is 0 Å². The molecule has 0 bridgehead atoms. The number of β-amino-alcohol motifs (C(OH)–C–C–N with tert-alkyl or cyclic N) is 1. The van der Waals surface area contributed by atoms with Crippen molar-refractivity contribution in [2.24, 2.45) is 5.92 Å². The number of hydrogen-bond donors (Lipinski definition) is 2. The molecule has 20 heavy (non-hydrogen) atoms. The topological polar surface area (TPSA) is 52.6 Å². The normalized spacial score (nSPS) is 23.6. The molecule has 4 nitrogen and oxygen atoms in total. The Bertz CT molecular complexity index is 487. The number of amides is 1. The van der Waals surface area contributed by atoms with E-state index in [1.807, 2.05) is 30.0 Å². The molecule has 2 atom stereocenters. The second-order valence-electron chi connectivity index (χ2n) is 5.92. The van der Waals surface area contributed by atoms with Crippen LogP contribution in [0.5, 0.6) is 0 Å². The highest BCUT2D eigenvalue weighted by Gasteiger charge is 2.25. The van der Waals surface area contributed by atoms with Crippen molar-refractivity contribution in [1.82, 2.24) is 4.90 Å². The van der Waals surface area contributed by atoms with Gasteiger partial charge in [-0.25, -0.2) is 0 Å². The van der Waals surface area contributed by atoms with Crippen molar-refractivity contribution >= 4 is 11.6 Å². The van der Waals surface area contributed by atoms with E-state index < -0.39 is 0 Å². The van der Waals surface area contributed by atoms with E-state index in [2.05, 4.69) is 19.2 Å². The number of aryl methyl sites for hydroxylation is 2. The van der Waals surface area contributed by atoms with E-state index in [1.54, 1.807) is 0 Å². The summed E-state index contributed by atoms with van der Waals surface area (Å²) >= 11 is 0. The fourth-order valence-corrected chi connectivity index (χ4v) is 2.48. The Morgan fingerprint density at radius 2 is 2.15 bits per heavy atom. The lowest BCUT2D eigenvalue weighted by molar-refractivity contribution is -0.118.